The van der Waals surface area contributed by atoms with Crippen LogP contribution in [-0.2, 0) is 4.74 Å². The predicted molar refractivity (Wildman–Crippen MR) is 101 cm³/mol. The molecule has 1 aromatic rings. The minimum absolute atomic E-state index is 0.119. The highest BCUT2D eigenvalue weighted by atomic mass is 16.5. The smallest absolute Gasteiger partial charge is 0.408 e. The largest absolute Gasteiger partial charge is 0.493 e. The van der Waals surface area contributed by atoms with Crippen molar-refractivity contribution in [3.63, 3.8) is 0 Å². The van der Waals surface area contributed by atoms with Gasteiger partial charge in [-0.15, -0.1) is 0 Å². The van der Waals surface area contributed by atoms with E-state index in [0.717, 1.165) is 12.0 Å². The number of aliphatic hydroxyl groups is 1. The summed E-state index contributed by atoms with van der Waals surface area (Å²) in [5, 5.41) is 19.5. The minimum atomic E-state index is -1.01. The lowest BCUT2D eigenvalue weighted by Gasteiger charge is -2.30. The first kappa shape index (κ1) is 21.3. The molecule has 3 atom stereocenters. The number of hydrogen-bond donors (Lipinski definition) is 2. The highest BCUT2D eigenvalue weighted by molar-refractivity contribution is 5.67. The standard InChI is InChI=1S/C20H31NO6/c1-13(2)16-11-15(12-22)21(20(23)24)19(16)14-6-7-17(26-4)18(10-14)27-9-5-8-25-3/h6-7,10,13,15-16,19,22H,5,8-9,11-12H2,1-4H3,(H,23,24)/t15-,16-,19-/m0/s1. The number of nitrogens with zero attached hydrogens (tertiary/aromatic N) is 1. The Labute approximate surface area is 160 Å². The molecule has 2 rings (SSSR count). The summed E-state index contributed by atoms with van der Waals surface area (Å²) in [6, 6.07) is 4.84. The van der Waals surface area contributed by atoms with Crippen LogP contribution >= 0.6 is 0 Å². The topological polar surface area (TPSA) is 88.5 Å². The maximum absolute atomic E-state index is 11.9. The van der Waals surface area contributed by atoms with Gasteiger partial charge in [-0.1, -0.05) is 19.9 Å². The Morgan fingerprint density at radius 2 is 2.00 bits per heavy atom. The fraction of sp³-hybridized carbons (Fsp3) is 0.650. The predicted octanol–water partition coefficient (Wildman–Crippen LogP) is 3.17. The summed E-state index contributed by atoms with van der Waals surface area (Å²) in [4.78, 5) is 13.3. The first-order chi connectivity index (χ1) is 12.9. The van der Waals surface area contributed by atoms with Gasteiger partial charge in [0.2, 0.25) is 0 Å². The third kappa shape index (κ3) is 4.84. The number of ether oxygens (including phenoxy) is 3. The lowest BCUT2D eigenvalue weighted by Crippen LogP contribution is -2.38. The van der Waals surface area contributed by atoms with E-state index >= 15 is 0 Å². The van der Waals surface area contributed by atoms with Crippen LogP contribution in [0.3, 0.4) is 0 Å². The number of methoxy groups -OCH3 is 2. The van der Waals surface area contributed by atoms with E-state index in [0.29, 0.717) is 31.1 Å². The second kappa shape index (κ2) is 9.80. The molecule has 0 radical (unpaired) electrons. The number of hydrogen-bond acceptors (Lipinski definition) is 5. The lowest BCUT2D eigenvalue weighted by molar-refractivity contribution is 0.0951. The molecule has 27 heavy (non-hydrogen) atoms. The quantitative estimate of drug-likeness (QED) is 0.639. The van der Waals surface area contributed by atoms with Crippen molar-refractivity contribution in [1.29, 1.82) is 0 Å². The number of rotatable bonds is 9. The van der Waals surface area contributed by atoms with Gasteiger partial charge in [-0.3, -0.25) is 4.90 Å². The van der Waals surface area contributed by atoms with E-state index in [2.05, 4.69) is 13.8 Å². The number of benzene rings is 1. The molecular weight excluding hydrogens is 350 g/mol. The molecule has 1 amide bonds. The van der Waals surface area contributed by atoms with Gasteiger partial charge < -0.3 is 24.4 Å². The van der Waals surface area contributed by atoms with Crippen LogP contribution in [-0.4, -0.2) is 61.3 Å². The summed E-state index contributed by atoms with van der Waals surface area (Å²) in [5.74, 6) is 1.59. The second-order valence-electron chi connectivity index (χ2n) is 7.22. The van der Waals surface area contributed by atoms with Crippen LogP contribution in [0.25, 0.3) is 0 Å². The summed E-state index contributed by atoms with van der Waals surface area (Å²) in [6.45, 7) is 5.08. The Balaban J connectivity index is 2.35. The summed E-state index contributed by atoms with van der Waals surface area (Å²) >= 11 is 0. The van der Waals surface area contributed by atoms with Gasteiger partial charge in [0.1, 0.15) is 0 Å². The highest BCUT2D eigenvalue weighted by Crippen LogP contribution is 2.46. The van der Waals surface area contributed by atoms with Gasteiger partial charge >= 0.3 is 6.09 Å². The molecule has 1 fully saturated rings. The molecular formula is C20H31NO6. The van der Waals surface area contributed by atoms with E-state index in [1.165, 1.54) is 4.90 Å². The molecule has 0 aliphatic carbocycles. The van der Waals surface area contributed by atoms with Gasteiger partial charge in [0.05, 0.1) is 32.4 Å². The highest BCUT2D eigenvalue weighted by Gasteiger charge is 2.45. The van der Waals surface area contributed by atoms with Crippen molar-refractivity contribution in [3.8, 4) is 11.5 Å². The van der Waals surface area contributed by atoms with E-state index < -0.39 is 12.1 Å². The number of carbonyl (C=O) groups is 1. The van der Waals surface area contributed by atoms with E-state index in [9.17, 15) is 15.0 Å². The van der Waals surface area contributed by atoms with Crippen LogP contribution in [0, 0.1) is 11.8 Å². The van der Waals surface area contributed by atoms with Crippen LogP contribution in [0.5, 0.6) is 11.5 Å². The molecule has 1 heterocycles. The van der Waals surface area contributed by atoms with E-state index in [1.807, 2.05) is 18.2 Å². The van der Waals surface area contributed by atoms with E-state index in [4.69, 9.17) is 14.2 Å². The van der Waals surface area contributed by atoms with Crippen LogP contribution < -0.4 is 9.47 Å². The molecule has 7 heteroatoms. The average molecular weight is 381 g/mol. The fourth-order valence-electron chi connectivity index (χ4n) is 3.85. The summed E-state index contributed by atoms with van der Waals surface area (Å²) < 4.78 is 16.3. The van der Waals surface area contributed by atoms with Crippen LogP contribution in [0.1, 0.15) is 38.3 Å². The maximum atomic E-state index is 11.9. The number of amides is 1. The van der Waals surface area contributed by atoms with Crippen molar-refractivity contribution in [2.75, 3.05) is 34.0 Å². The van der Waals surface area contributed by atoms with Gasteiger partial charge in [0.15, 0.2) is 11.5 Å². The number of carboxylic acid groups (broad SMARTS) is 1. The van der Waals surface area contributed by atoms with Crippen molar-refractivity contribution in [1.82, 2.24) is 4.90 Å². The van der Waals surface area contributed by atoms with E-state index in [1.54, 1.807) is 14.2 Å². The molecule has 0 aromatic heterocycles. The Hall–Kier alpha value is -1.99. The molecule has 0 saturated carbocycles. The third-order valence-corrected chi connectivity index (χ3v) is 5.21. The lowest BCUT2D eigenvalue weighted by atomic mass is 9.84. The molecule has 152 valence electrons. The molecule has 1 aliphatic heterocycles. The molecule has 2 N–H and O–H groups in total. The fourth-order valence-corrected chi connectivity index (χ4v) is 3.85. The zero-order valence-electron chi connectivity index (χ0n) is 16.6. The van der Waals surface area contributed by atoms with Crippen molar-refractivity contribution in [2.24, 2.45) is 11.8 Å². The zero-order chi connectivity index (χ0) is 20.0. The van der Waals surface area contributed by atoms with Gasteiger partial charge in [0, 0.05) is 20.1 Å². The van der Waals surface area contributed by atoms with Crippen LogP contribution in [0.4, 0.5) is 4.79 Å². The third-order valence-electron chi connectivity index (χ3n) is 5.21. The first-order valence-corrected chi connectivity index (χ1v) is 9.36. The Kier molecular flexibility index (Phi) is 7.74. The van der Waals surface area contributed by atoms with E-state index in [-0.39, 0.29) is 24.5 Å². The Bertz CT molecular complexity index is 620. The number of likely N-dealkylation sites (tertiary alicyclic amines) is 1. The summed E-state index contributed by atoms with van der Waals surface area (Å²) in [7, 11) is 3.22. The minimum Gasteiger partial charge on any atom is -0.493 e. The van der Waals surface area contributed by atoms with Crippen LogP contribution in [0.2, 0.25) is 0 Å². The second-order valence-corrected chi connectivity index (χ2v) is 7.22. The average Bonchev–Trinajstić information content (AvgIpc) is 3.05. The van der Waals surface area contributed by atoms with Crippen molar-refractivity contribution in [2.45, 2.75) is 38.8 Å². The summed E-state index contributed by atoms with van der Waals surface area (Å²) in [5.41, 5.74) is 0.856. The van der Waals surface area contributed by atoms with Gasteiger partial charge in [0.25, 0.3) is 0 Å². The van der Waals surface area contributed by atoms with Crippen molar-refractivity contribution in [3.05, 3.63) is 23.8 Å². The monoisotopic (exact) mass is 381 g/mol. The van der Waals surface area contributed by atoms with Crippen LogP contribution in [0.15, 0.2) is 18.2 Å². The normalized spacial score (nSPS) is 22.3. The number of aliphatic hydroxyl groups excluding tert-OH is 1. The van der Waals surface area contributed by atoms with Gasteiger partial charge in [-0.2, -0.15) is 0 Å². The Morgan fingerprint density at radius 1 is 1.26 bits per heavy atom. The Morgan fingerprint density at radius 3 is 2.56 bits per heavy atom. The van der Waals surface area contributed by atoms with Crippen molar-refractivity contribution >= 4 is 6.09 Å². The molecule has 0 spiro atoms. The van der Waals surface area contributed by atoms with Gasteiger partial charge in [-0.25, -0.2) is 4.79 Å². The molecule has 1 aromatic carbocycles. The molecule has 7 nitrogen and oxygen atoms in total. The molecule has 1 aliphatic rings. The first-order valence-electron chi connectivity index (χ1n) is 9.36. The SMILES string of the molecule is COCCCOc1cc([C@H]2[C@H](C(C)C)C[C@@H](CO)N2C(=O)O)ccc1OC. The maximum Gasteiger partial charge on any atom is 0.408 e. The molecule has 0 bridgehead atoms. The van der Waals surface area contributed by atoms with Crippen molar-refractivity contribution < 1.29 is 29.2 Å². The molecule has 0 unspecified atom stereocenters. The van der Waals surface area contributed by atoms with Gasteiger partial charge in [-0.05, 0) is 36.0 Å². The zero-order valence-corrected chi connectivity index (χ0v) is 16.6. The summed E-state index contributed by atoms with van der Waals surface area (Å²) in [6.07, 6.45) is 0.373. The molecule has 1 saturated heterocycles.